The van der Waals surface area contributed by atoms with Crippen molar-refractivity contribution in [3.05, 3.63) is 12.2 Å². The zero-order chi connectivity index (χ0) is 14.1. The maximum atomic E-state index is 12.5. The van der Waals surface area contributed by atoms with Crippen molar-refractivity contribution in [2.24, 2.45) is 22.7 Å². The monoisotopic (exact) mass is 262 g/mol. The predicted octanol–water partition coefficient (Wildman–Crippen LogP) is 2.28. The van der Waals surface area contributed by atoms with Gasteiger partial charge in [0.1, 0.15) is 11.6 Å². The van der Waals surface area contributed by atoms with E-state index in [-0.39, 0.29) is 34.2 Å². The lowest BCUT2D eigenvalue weighted by Crippen LogP contribution is -2.59. The third-order valence-electron chi connectivity index (χ3n) is 5.92. The molecule has 0 aromatic carbocycles. The third kappa shape index (κ3) is 1.60. The number of aliphatic hydroxyl groups is 1. The molecule has 3 heteroatoms. The Morgan fingerprint density at radius 1 is 1.16 bits per heavy atom. The molecule has 19 heavy (non-hydrogen) atoms. The number of fused-ring (bicyclic) bond motifs is 1. The van der Waals surface area contributed by atoms with E-state index >= 15 is 0 Å². The van der Waals surface area contributed by atoms with Gasteiger partial charge in [-0.1, -0.05) is 26.0 Å². The zero-order valence-corrected chi connectivity index (χ0v) is 11.9. The second-order valence-electron chi connectivity index (χ2n) is 7.53. The van der Waals surface area contributed by atoms with Gasteiger partial charge in [0.05, 0.1) is 5.60 Å². The fourth-order valence-corrected chi connectivity index (χ4v) is 4.57. The van der Waals surface area contributed by atoms with Crippen LogP contribution in [0.4, 0.5) is 0 Å². The second-order valence-corrected chi connectivity index (χ2v) is 7.53. The Hall–Kier alpha value is -0.960. The summed E-state index contributed by atoms with van der Waals surface area (Å²) in [5.41, 5.74) is -1.32. The summed E-state index contributed by atoms with van der Waals surface area (Å²) in [7, 11) is 0. The topological polar surface area (TPSA) is 54.4 Å². The van der Waals surface area contributed by atoms with Gasteiger partial charge in [0.2, 0.25) is 0 Å². The minimum Gasteiger partial charge on any atom is -0.386 e. The molecule has 0 saturated heterocycles. The predicted molar refractivity (Wildman–Crippen MR) is 71.4 cm³/mol. The molecule has 0 heterocycles. The minimum absolute atomic E-state index is 0.00581. The van der Waals surface area contributed by atoms with Crippen LogP contribution in [0.2, 0.25) is 0 Å². The normalized spacial score (nSPS) is 48.0. The molecule has 104 valence electrons. The van der Waals surface area contributed by atoms with Crippen LogP contribution in [0.25, 0.3) is 0 Å². The number of hydrogen-bond acceptors (Lipinski definition) is 3. The Morgan fingerprint density at radius 3 is 2.53 bits per heavy atom. The Balaban J connectivity index is 2.14. The summed E-state index contributed by atoms with van der Waals surface area (Å²) in [5.74, 6) is 0.196. The fraction of sp³-hybridized carbons (Fsp3) is 0.750. The van der Waals surface area contributed by atoms with E-state index in [0.29, 0.717) is 19.3 Å². The van der Waals surface area contributed by atoms with Crippen LogP contribution in [-0.4, -0.2) is 22.3 Å². The van der Waals surface area contributed by atoms with Crippen molar-refractivity contribution in [3.8, 4) is 0 Å². The molecular formula is C16H22O3. The summed E-state index contributed by atoms with van der Waals surface area (Å²) in [6, 6.07) is 0. The fourth-order valence-electron chi connectivity index (χ4n) is 4.57. The van der Waals surface area contributed by atoms with E-state index in [2.05, 4.69) is 19.9 Å². The van der Waals surface area contributed by atoms with Crippen molar-refractivity contribution in [1.29, 1.82) is 0 Å². The summed E-state index contributed by atoms with van der Waals surface area (Å²) in [6.07, 6.45) is 6.09. The molecule has 3 nitrogen and oxygen atoms in total. The maximum Gasteiger partial charge on any atom is 0.137 e. The van der Waals surface area contributed by atoms with E-state index in [4.69, 9.17) is 0 Å². The lowest BCUT2D eigenvalue weighted by molar-refractivity contribution is -0.158. The molecule has 0 amide bonds. The first-order chi connectivity index (χ1) is 8.68. The largest absolute Gasteiger partial charge is 0.386 e. The van der Waals surface area contributed by atoms with Crippen LogP contribution in [0, 0.1) is 22.7 Å². The first kappa shape index (κ1) is 13.0. The Morgan fingerprint density at radius 2 is 1.84 bits per heavy atom. The number of carbonyl (C=O) groups is 2. The number of carbonyl (C=O) groups excluding carboxylic acids is 2. The second kappa shape index (κ2) is 3.57. The highest BCUT2D eigenvalue weighted by molar-refractivity contribution is 5.92. The average molecular weight is 262 g/mol. The number of Topliss-reactive ketones (excluding diaryl/α,β-unsaturated/α-hetero) is 2. The summed E-state index contributed by atoms with van der Waals surface area (Å²) >= 11 is 0. The van der Waals surface area contributed by atoms with Crippen LogP contribution in [0.5, 0.6) is 0 Å². The van der Waals surface area contributed by atoms with E-state index in [1.807, 2.05) is 6.08 Å². The number of rotatable bonds is 0. The highest BCUT2D eigenvalue weighted by atomic mass is 16.3. The quantitative estimate of drug-likeness (QED) is 0.681. The van der Waals surface area contributed by atoms with Gasteiger partial charge in [-0.2, -0.15) is 0 Å². The van der Waals surface area contributed by atoms with Gasteiger partial charge in [0.15, 0.2) is 0 Å². The lowest BCUT2D eigenvalue weighted by Gasteiger charge is -2.59. The molecule has 2 saturated carbocycles. The highest BCUT2D eigenvalue weighted by Crippen LogP contribution is 2.63. The zero-order valence-electron chi connectivity index (χ0n) is 11.9. The average Bonchev–Trinajstić information content (AvgIpc) is 2.26. The van der Waals surface area contributed by atoms with Crippen LogP contribution in [0.15, 0.2) is 12.2 Å². The van der Waals surface area contributed by atoms with Gasteiger partial charge in [-0.05, 0) is 24.7 Å². The molecule has 4 unspecified atom stereocenters. The molecule has 0 aliphatic heterocycles. The van der Waals surface area contributed by atoms with Gasteiger partial charge in [0, 0.05) is 30.6 Å². The van der Waals surface area contributed by atoms with Crippen molar-refractivity contribution in [2.45, 2.75) is 52.1 Å². The van der Waals surface area contributed by atoms with Crippen molar-refractivity contribution >= 4 is 11.6 Å². The van der Waals surface area contributed by atoms with Crippen molar-refractivity contribution < 1.29 is 14.7 Å². The molecular weight excluding hydrogens is 240 g/mol. The van der Waals surface area contributed by atoms with Gasteiger partial charge in [0.25, 0.3) is 0 Å². The molecule has 3 aliphatic carbocycles. The van der Waals surface area contributed by atoms with E-state index in [1.165, 1.54) is 0 Å². The van der Waals surface area contributed by atoms with Crippen molar-refractivity contribution in [2.75, 3.05) is 0 Å². The third-order valence-corrected chi connectivity index (χ3v) is 5.92. The van der Waals surface area contributed by atoms with E-state index in [0.717, 1.165) is 6.42 Å². The number of allylic oxidation sites excluding steroid dienone is 1. The number of ketones is 2. The van der Waals surface area contributed by atoms with Crippen LogP contribution in [0.1, 0.15) is 46.5 Å². The highest BCUT2D eigenvalue weighted by Gasteiger charge is 2.61. The standard InChI is InChI=1S/C16H22O3/c1-14(2)9-11(17)7-12-13(18)6-10-8-16(12,14)5-4-15(10,3)19/h4-5,10,12,19H,6-9H2,1-3H3. The van der Waals surface area contributed by atoms with Gasteiger partial charge in [-0.25, -0.2) is 0 Å². The summed E-state index contributed by atoms with van der Waals surface area (Å²) in [6.45, 7) is 5.98. The van der Waals surface area contributed by atoms with E-state index in [1.54, 1.807) is 6.92 Å². The first-order valence-electron chi connectivity index (χ1n) is 7.15. The lowest BCUT2D eigenvalue weighted by atomic mass is 9.44. The summed E-state index contributed by atoms with van der Waals surface area (Å²) < 4.78 is 0. The van der Waals surface area contributed by atoms with Gasteiger partial charge < -0.3 is 5.11 Å². The van der Waals surface area contributed by atoms with Gasteiger partial charge >= 0.3 is 0 Å². The summed E-state index contributed by atoms with van der Waals surface area (Å²) in [5, 5.41) is 10.4. The molecule has 0 aromatic heterocycles. The van der Waals surface area contributed by atoms with Crippen molar-refractivity contribution in [3.63, 3.8) is 0 Å². The molecule has 4 atom stereocenters. The smallest absolute Gasteiger partial charge is 0.137 e. The Bertz CT molecular complexity index is 486. The SMILES string of the molecule is CC1(O)C=CC23CC1CC(=O)C2CC(=O)CC3(C)C. The van der Waals surface area contributed by atoms with Gasteiger partial charge in [-0.3, -0.25) is 9.59 Å². The number of hydrogen-bond donors (Lipinski definition) is 1. The van der Waals surface area contributed by atoms with Crippen molar-refractivity contribution in [1.82, 2.24) is 0 Å². The molecule has 2 bridgehead atoms. The van der Waals surface area contributed by atoms with E-state index in [9.17, 15) is 14.7 Å². The molecule has 3 rings (SSSR count). The minimum atomic E-state index is -0.885. The van der Waals surface area contributed by atoms with Crippen LogP contribution < -0.4 is 0 Å². The first-order valence-corrected chi connectivity index (χ1v) is 7.15. The van der Waals surface area contributed by atoms with E-state index < -0.39 is 5.60 Å². The summed E-state index contributed by atoms with van der Waals surface area (Å²) in [4.78, 5) is 24.4. The van der Waals surface area contributed by atoms with Gasteiger partial charge in [-0.15, -0.1) is 0 Å². The molecule has 1 N–H and O–H groups in total. The molecule has 3 aliphatic rings. The maximum absolute atomic E-state index is 12.5. The Labute approximate surface area is 114 Å². The molecule has 0 aromatic rings. The molecule has 2 fully saturated rings. The van der Waals surface area contributed by atoms with Crippen LogP contribution in [-0.2, 0) is 9.59 Å². The van der Waals surface area contributed by atoms with Crippen LogP contribution >= 0.6 is 0 Å². The Kier molecular flexibility index (Phi) is 2.45. The molecule has 1 spiro atoms. The van der Waals surface area contributed by atoms with Crippen LogP contribution in [0.3, 0.4) is 0 Å². The molecule has 0 radical (unpaired) electrons.